The maximum absolute atomic E-state index is 2.41. The Bertz CT molecular complexity index is 823. The minimum absolute atomic E-state index is 0.0435. The van der Waals surface area contributed by atoms with Crippen LogP contribution in [0.15, 0.2) is 93.7 Å². The van der Waals surface area contributed by atoms with Crippen molar-refractivity contribution in [2.45, 2.75) is 34.1 Å². The highest BCUT2D eigenvalue weighted by Crippen LogP contribution is 2.53. The topological polar surface area (TPSA) is 0 Å². The summed E-state index contributed by atoms with van der Waals surface area (Å²) in [5.41, 5.74) is 10.3. The van der Waals surface area contributed by atoms with Crippen LogP contribution >= 0.6 is 0 Å². The van der Waals surface area contributed by atoms with Gasteiger partial charge in [0, 0.05) is 11.3 Å². The average Bonchev–Trinajstić information content (AvgIpc) is 3.02. The second-order valence-corrected chi connectivity index (χ2v) is 7.50. The molecule has 0 heterocycles. The fraction of sp³-hybridized carbons (Fsp3) is 0.304. The minimum Gasteiger partial charge on any atom is -0.0801 e. The molecule has 0 fully saturated rings. The van der Waals surface area contributed by atoms with Gasteiger partial charge in [0.25, 0.3) is 0 Å². The van der Waals surface area contributed by atoms with Crippen LogP contribution in [0.4, 0.5) is 0 Å². The molecule has 0 aromatic heterocycles. The second-order valence-electron chi connectivity index (χ2n) is 7.50. The van der Waals surface area contributed by atoms with Gasteiger partial charge in [-0.3, -0.25) is 0 Å². The van der Waals surface area contributed by atoms with E-state index in [1.165, 1.54) is 33.4 Å². The SMILES string of the molecule is CC1=C(C(C)(C)C2=C(C)C=C3C=CC=CC32)C2=CCC=CC2=C1. The Labute approximate surface area is 139 Å². The smallest absolute Gasteiger partial charge is 0.0245 e. The lowest BCUT2D eigenvalue weighted by atomic mass is 9.67. The third-order valence-corrected chi connectivity index (χ3v) is 5.58. The lowest BCUT2D eigenvalue weighted by molar-refractivity contribution is 0.506. The average molecular weight is 300 g/mol. The quantitative estimate of drug-likeness (QED) is 0.573. The van der Waals surface area contributed by atoms with Gasteiger partial charge in [-0.25, -0.2) is 0 Å². The van der Waals surface area contributed by atoms with Crippen LogP contribution in [0.25, 0.3) is 0 Å². The third-order valence-electron chi connectivity index (χ3n) is 5.58. The van der Waals surface area contributed by atoms with Crippen molar-refractivity contribution >= 4 is 0 Å². The standard InChI is InChI=1S/C23H24/c1-15-13-17-9-5-7-11-19(17)21(15)23(3,4)22-16(2)14-18-10-6-8-12-20(18)22/h5-7,9-14,19H,8H2,1-4H3. The summed E-state index contributed by atoms with van der Waals surface area (Å²) in [6.45, 7) is 9.36. The van der Waals surface area contributed by atoms with Crippen LogP contribution in [0.5, 0.6) is 0 Å². The summed E-state index contributed by atoms with van der Waals surface area (Å²) in [5.74, 6) is 0.444. The zero-order valence-corrected chi connectivity index (χ0v) is 14.5. The first kappa shape index (κ1) is 14.5. The van der Waals surface area contributed by atoms with Crippen LogP contribution in [0.1, 0.15) is 34.1 Å². The molecule has 1 unspecified atom stereocenters. The van der Waals surface area contributed by atoms with E-state index in [0.29, 0.717) is 5.92 Å². The number of hydrogen-bond acceptors (Lipinski definition) is 0. The fourth-order valence-electron chi connectivity index (χ4n) is 4.86. The van der Waals surface area contributed by atoms with Crippen molar-refractivity contribution in [2.24, 2.45) is 11.3 Å². The predicted octanol–water partition coefficient (Wildman–Crippen LogP) is 6.15. The second kappa shape index (κ2) is 4.96. The summed E-state index contributed by atoms with van der Waals surface area (Å²) in [6.07, 6.45) is 21.7. The van der Waals surface area contributed by atoms with E-state index in [-0.39, 0.29) is 5.41 Å². The van der Waals surface area contributed by atoms with Gasteiger partial charge in [-0.2, -0.15) is 0 Å². The normalized spacial score (nSPS) is 25.6. The molecule has 0 saturated carbocycles. The zero-order valence-electron chi connectivity index (χ0n) is 14.5. The van der Waals surface area contributed by atoms with E-state index in [4.69, 9.17) is 0 Å². The molecule has 0 saturated heterocycles. The van der Waals surface area contributed by atoms with Gasteiger partial charge in [-0.1, -0.05) is 68.5 Å². The van der Waals surface area contributed by atoms with Crippen LogP contribution in [0, 0.1) is 11.3 Å². The Morgan fingerprint density at radius 2 is 1.83 bits per heavy atom. The van der Waals surface area contributed by atoms with Crippen molar-refractivity contribution in [3.8, 4) is 0 Å². The predicted molar refractivity (Wildman–Crippen MR) is 99.0 cm³/mol. The summed E-state index contributed by atoms with van der Waals surface area (Å²) < 4.78 is 0. The lowest BCUT2D eigenvalue weighted by Gasteiger charge is -2.36. The van der Waals surface area contributed by atoms with Crippen LogP contribution in [-0.4, -0.2) is 0 Å². The Morgan fingerprint density at radius 3 is 2.65 bits per heavy atom. The molecule has 0 heteroatoms. The van der Waals surface area contributed by atoms with Crippen LogP contribution < -0.4 is 0 Å². The highest BCUT2D eigenvalue weighted by Gasteiger charge is 2.40. The molecule has 0 nitrogen and oxygen atoms in total. The molecule has 4 aliphatic rings. The molecule has 116 valence electrons. The molecular weight excluding hydrogens is 276 g/mol. The first-order valence-corrected chi connectivity index (χ1v) is 8.58. The van der Waals surface area contributed by atoms with Crippen LogP contribution in [-0.2, 0) is 0 Å². The Balaban J connectivity index is 1.80. The van der Waals surface area contributed by atoms with E-state index in [1.54, 1.807) is 5.57 Å². The summed E-state index contributed by atoms with van der Waals surface area (Å²) in [6, 6.07) is 0. The van der Waals surface area contributed by atoms with Gasteiger partial charge < -0.3 is 0 Å². The van der Waals surface area contributed by atoms with Crippen molar-refractivity contribution in [1.29, 1.82) is 0 Å². The maximum Gasteiger partial charge on any atom is 0.0245 e. The Hall–Kier alpha value is -2.08. The molecule has 0 amide bonds. The number of fused-ring (bicyclic) bond motifs is 2. The molecule has 0 aliphatic heterocycles. The first-order chi connectivity index (χ1) is 11.0. The monoisotopic (exact) mass is 300 g/mol. The van der Waals surface area contributed by atoms with Gasteiger partial charge in [-0.15, -0.1) is 0 Å². The molecule has 23 heavy (non-hydrogen) atoms. The molecule has 0 N–H and O–H groups in total. The molecule has 0 spiro atoms. The van der Waals surface area contributed by atoms with Crippen LogP contribution in [0.2, 0.25) is 0 Å². The minimum atomic E-state index is 0.0435. The number of rotatable bonds is 2. The lowest BCUT2D eigenvalue weighted by Crippen LogP contribution is -2.24. The van der Waals surface area contributed by atoms with Gasteiger partial charge in [0.15, 0.2) is 0 Å². The first-order valence-electron chi connectivity index (χ1n) is 8.58. The Kier molecular flexibility index (Phi) is 3.13. The van der Waals surface area contributed by atoms with Crippen molar-refractivity contribution < 1.29 is 0 Å². The number of hydrogen-bond donors (Lipinski definition) is 0. The van der Waals surface area contributed by atoms with Gasteiger partial charge in [0.05, 0.1) is 0 Å². The molecule has 1 atom stereocenters. The molecule has 0 aromatic carbocycles. The molecule has 0 radical (unpaired) electrons. The highest BCUT2D eigenvalue weighted by atomic mass is 14.4. The molecule has 4 rings (SSSR count). The van der Waals surface area contributed by atoms with Crippen molar-refractivity contribution in [3.05, 3.63) is 93.7 Å². The molecular formula is C23H24. The van der Waals surface area contributed by atoms with E-state index in [1.807, 2.05) is 0 Å². The van der Waals surface area contributed by atoms with Crippen molar-refractivity contribution in [2.75, 3.05) is 0 Å². The third kappa shape index (κ3) is 2.05. The van der Waals surface area contributed by atoms with E-state index in [2.05, 4.69) is 82.4 Å². The van der Waals surface area contributed by atoms with E-state index < -0.39 is 0 Å². The largest absolute Gasteiger partial charge is 0.0801 e. The van der Waals surface area contributed by atoms with Gasteiger partial charge in [0.2, 0.25) is 0 Å². The van der Waals surface area contributed by atoms with Crippen molar-refractivity contribution in [1.82, 2.24) is 0 Å². The van der Waals surface area contributed by atoms with Gasteiger partial charge >= 0.3 is 0 Å². The summed E-state index contributed by atoms with van der Waals surface area (Å²) in [7, 11) is 0. The van der Waals surface area contributed by atoms with E-state index >= 15 is 0 Å². The Morgan fingerprint density at radius 1 is 1.00 bits per heavy atom. The van der Waals surface area contributed by atoms with Gasteiger partial charge in [0.1, 0.15) is 0 Å². The molecule has 4 aliphatic carbocycles. The van der Waals surface area contributed by atoms with Crippen LogP contribution in [0.3, 0.4) is 0 Å². The summed E-state index contributed by atoms with van der Waals surface area (Å²) in [4.78, 5) is 0. The zero-order chi connectivity index (χ0) is 16.2. The molecule has 0 bridgehead atoms. The van der Waals surface area contributed by atoms with E-state index in [0.717, 1.165) is 6.42 Å². The van der Waals surface area contributed by atoms with Gasteiger partial charge in [-0.05, 0) is 59.3 Å². The fourth-order valence-corrected chi connectivity index (χ4v) is 4.86. The highest BCUT2D eigenvalue weighted by molar-refractivity contribution is 5.68. The molecule has 0 aromatic rings. The summed E-state index contributed by atoms with van der Waals surface area (Å²) in [5, 5.41) is 0. The maximum atomic E-state index is 2.41. The van der Waals surface area contributed by atoms with Crippen molar-refractivity contribution in [3.63, 3.8) is 0 Å². The summed E-state index contributed by atoms with van der Waals surface area (Å²) >= 11 is 0. The number of allylic oxidation sites excluding steroid dienone is 16. The van der Waals surface area contributed by atoms with E-state index in [9.17, 15) is 0 Å².